The van der Waals surface area contributed by atoms with Crippen LogP contribution < -0.4 is 10.5 Å². The minimum atomic E-state index is 0.390. The van der Waals surface area contributed by atoms with Gasteiger partial charge in [0.25, 0.3) is 0 Å². The summed E-state index contributed by atoms with van der Waals surface area (Å²) >= 11 is 0. The van der Waals surface area contributed by atoms with E-state index in [0.717, 1.165) is 29.7 Å². The van der Waals surface area contributed by atoms with Crippen LogP contribution in [0.5, 0.6) is 11.6 Å². The summed E-state index contributed by atoms with van der Waals surface area (Å²) in [6.07, 6.45) is 5.13. The van der Waals surface area contributed by atoms with Crippen molar-refractivity contribution in [2.75, 3.05) is 0 Å². The fraction of sp³-hybridized carbons (Fsp3) is 0.462. The fourth-order valence-corrected chi connectivity index (χ4v) is 2.09. The van der Waals surface area contributed by atoms with Crippen LogP contribution in [0.3, 0.4) is 0 Å². The first-order valence-corrected chi connectivity index (χ1v) is 6.43. The Morgan fingerprint density at radius 1 is 1.21 bits per heavy atom. The van der Waals surface area contributed by atoms with Gasteiger partial charge in [-0.05, 0) is 18.4 Å². The number of ether oxygens (including phenoxy) is 1. The Morgan fingerprint density at radius 3 is 2.53 bits per heavy atom. The molecule has 0 spiro atoms. The van der Waals surface area contributed by atoms with Crippen LogP contribution in [0.2, 0.25) is 0 Å². The van der Waals surface area contributed by atoms with Crippen LogP contribution in [0, 0.1) is 0 Å². The molecule has 102 valence electrons. The monoisotopic (exact) mass is 261 g/mol. The molecule has 0 aromatic carbocycles. The van der Waals surface area contributed by atoms with E-state index in [9.17, 15) is 0 Å². The van der Waals surface area contributed by atoms with Gasteiger partial charge in [0.1, 0.15) is 0 Å². The third kappa shape index (κ3) is 2.73. The highest BCUT2D eigenvalue weighted by Crippen LogP contribution is 2.26. The average molecular weight is 261 g/mol. The van der Waals surface area contributed by atoms with Crippen LogP contribution in [-0.4, -0.2) is 20.0 Å². The molecule has 0 aliphatic carbocycles. The summed E-state index contributed by atoms with van der Waals surface area (Å²) in [5.74, 6) is 1.11. The molecule has 2 rings (SSSR count). The molecule has 19 heavy (non-hydrogen) atoms. The summed E-state index contributed by atoms with van der Waals surface area (Å²) in [5.41, 5.74) is 8.90. The van der Waals surface area contributed by atoms with E-state index < -0.39 is 0 Å². The van der Waals surface area contributed by atoms with E-state index in [1.54, 1.807) is 17.1 Å². The lowest BCUT2D eigenvalue weighted by Gasteiger charge is -2.13. The molecule has 2 aromatic rings. The summed E-state index contributed by atoms with van der Waals surface area (Å²) < 4.78 is 7.40. The van der Waals surface area contributed by atoms with Crippen LogP contribution >= 0.6 is 0 Å². The number of aryl methyl sites for hydroxylation is 2. The van der Waals surface area contributed by atoms with Crippen LogP contribution in [0.4, 0.5) is 0 Å². The fourth-order valence-electron chi connectivity index (χ4n) is 2.09. The Hall–Kier alpha value is -1.95. The van der Waals surface area contributed by atoms with Crippen molar-refractivity contribution in [1.82, 2.24) is 20.0 Å². The smallest absolute Gasteiger partial charge is 0.243 e. The molecule has 0 aliphatic heterocycles. The van der Waals surface area contributed by atoms with Gasteiger partial charge < -0.3 is 10.5 Å². The van der Waals surface area contributed by atoms with Gasteiger partial charge in [0.05, 0.1) is 18.1 Å². The van der Waals surface area contributed by atoms with E-state index in [-0.39, 0.29) is 0 Å². The first-order valence-electron chi connectivity index (χ1n) is 6.43. The van der Waals surface area contributed by atoms with Gasteiger partial charge in [-0.1, -0.05) is 13.8 Å². The normalized spacial score (nSPS) is 10.7. The van der Waals surface area contributed by atoms with Gasteiger partial charge in [-0.2, -0.15) is 10.2 Å². The molecule has 0 bridgehead atoms. The van der Waals surface area contributed by atoms with E-state index in [0.29, 0.717) is 18.2 Å². The molecular formula is C13H19N5O. The minimum absolute atomic E-state index is 0.390. The van der Waals surface area contributed by atoms with Gasteiger partial charge in [0, 0.05) is 19.2 Å². The van der Waals surface area contributed by atoms with Crippen molar-refractivity contribution in [3.63, 3.8) is 0 Å². The van der Waals surface area contributed by atoms with Gasteiger partial charge in [-0.3, -0.25) is 4.68 Å². The van der Waals surface area contributed by atoms with Gasteiger partial charge in [0.2, 0.25) is 5.88 Å². The van der Waals surface area contributed by atoms with Gasteiger partial charge >= 0.3 is 0 Å². The maximum Gasteiger partial charge on any atom is 0.243 e. The molecule has 0 amide bonds. The van der Waals surface area contributed by atoms with Crippen molar-refractivity contribution in [2.24, 2.45) is 12.8 Å². The lowest BCUT2D eigenvalue weighted by molar-refractivity contribution is 0.445. The molecule has 0 atom stereocenters. The number of nitrogens with zero attached hydrogens (tertiary/aromatic N) is 4. The van der Waals surface area contributed by atoms with E-state index in [1.807, 2.05) is 7.05 Å². The maximum absolute atomic E-state index is 5.84. The Kier molecular flexibility index (Phi) is 4.11. The molecule has 2 heterocycles. The molecule has 6 heteroatoms. The van der Waals surface area contributed by atoms with Crippen LogP contribution in [0.25, 0.3) is 0 Å². The molecule has 0 aliphatic rings. The summed E-state index contributed by atoms with van der Waals surface area (Å²) in [4.78, 5) is 0. The summed E-state index contributed by atoms with van der Waals surface area (Å²) in [5, 5.41) is 12.4. The SMILES string of the molecule is CCc1nnc(Oc2cnn(C)c2)c(CN)c1CC. The zero-order chi connectivity index (χ0) is 13.8. The molecule has 0 radical (unpaired) electrons. The highest BCUT2D eigenvalue weighted by atomic mass is 16.5. The van der Waals surface area contributed by atoms with E-state index >= 15 is 0 Å². The Morgan fingerprint density at radius 2 is 2.00 bits per heavy atom. The van der Waals surface area contributed by atoms with Crippen molar-refractivity contribution in [3.05, 3.63) is 29.2 Å². The zero-order valence-electron chi connectivity index (χ0n) is 11.6. The molecule has 0 saturated heterocycles. The third-order valence-electron chi connectivity index (χ3n) is 3.02. The first-order chi connectivity index (χ1) is 9.19. The van der Waals surface area contributed by atoms with Crippen LogP contribution in [0.1, 0.15) is 30.7 Å². The van der Waals surface area contributed by atoms with E-state index in [1.165, 1.54) is 0 Å². The predicted molar refractivity (Wildman–Crippen MR) is 72.0 cm³/mol. The second-order valence-electron chi connectivity index (χ2n) is 4.27. The number of hydrogen-bond donors (Lipinski definition) is 1. The molecule has 0 fully saturated rings. The lowest BCUT2D eigenvalue weighted by Crippen LogP contribution is -2.10. The number of nitrogens with two attached hydrogens (primary N) is 1. The van der Waals surface area contributed by atoms with Gasteiger partial charge in [0.15, 0.2) is 5.75 Å². The summed E-state index contributed by atoms with van der Waals surface area (Å²) in [6.45, 7) is 4.54. The lowest BCUT2D eigenvalue weighted by atomic mass is 10.0. The Labute approximate surface area is 112 Å². The highest BCUT2D eigenvalue weighted by Gasteiger charge is 2.15. The highest BCUT2D eigenvalue weighted by molar-refractivity contribution is 5.38. The van der Waals surface area contributed by atoms with E-state index in [4.69, 9.17) is 10.5 Å². The average Bonchev–Trinajstić information content (AvgIpc) is 2.83. The second kappa shape index (κ2) is 5.79. The quantitative estimate of drug-likeness (QED) is 0.884. The molecule has 2 N–H and O–H groups in total. The number of rotatable bonds is 5. The largest absolute Gasteiger partial charge is 0.434 e. The van der Waals surface area contributed by atoms with Gasteiger partial charge in [-0.25, -0.2) is 0 Å². The minimum Gasteiger partial charge on any atom is -0.434 e. The van der Waals surface area contributed by atoms with Crippen LogP contribution in [0.15, 0.2) is 12.4 Å². The van der Waals surface area contributed by atoms with Gasteiger partial charge in [-0.15, -0.1) is 5.10 Å². The predicted octanol–water partition coefficient (Wildman–Crippen LogP) is 1.59. The Balaban J connectivity index is 2.40. The van der Waals surface area contributed by atoms with Crippen molar-refractivity contribution < 1.29 is 4.74 Å². The molecular weight excluding hydrogens is 242 g/mol. The molecule has 0 unspecified atom stereocenters. The summed E-state index contributed by atoms with van der Waals surface area (Å²) in [6, 6.07) is 0. The van der Waals surface area contributed by atoms with Crippen molar-refractivity contribution in [2.45, 2.75) is 33.2 Å². The first kappa shape index (κ1) is 13.5. The second-order valence-corrected chi connectivity index (χ2v) is 4.27. The third-order valence-corrected chi connectivity index (χ3v) is 3.02. The van der Waals surface area contributed by atoms with Crippen molar-refractivity contribution >= 4 is 0 Å². The standard InChI is InChI=1S/C13H19N5O/c1-4-10-11(6-14)13(17-16-12(10)5-2)19-9-7-15-18(3)8-9/h7-8H,4-6,14H2,1-3H3. The molecule has 2 aromatic heterocycles. The molecule has 0 saturated carbocycles. The topological polar surface area (TPSA) is 78.9 Å². The summed E-state index contributed by atoms with van der Waals surface area (Å²) in [7, 11) is 1.83. The Bertz CT molecular complexity index is 564. The van der Waals surface area contributed by atoms with Crippen molar-refractivity contribution in [1.29, 1.82) is 0 Å². The maximum atomic E-state index is 5.84. The van der Waals surface area contributed by atoms with E-state index in [2.05, 4.69) is 29.1 Å². The van der Waals surface area contributed by atoms with Crippen molar-refractivity contribution in [3.8, 4) is 11.6 Å². The van der Waals surface area contributed by atoms with Crippen LogP contribution in [-0.2, 0) is 26.4 Å². The molecule has 6 nitrogen and oxygen atoms in total. The number of aromatic nitrogens is 4. The zero-order valence-corrected chi connectivity index (χ0v) is 11.6. The number of hydrogen-bond acceptors (Lipinski definition) is 5.